The number of nitrogens with one attached hydrogen (secondary N) is 1. The summed E-state index contributed by atoms with van der Waals surface area (Å²) in [5, 5.41) is 14.1. The van der Waals surface area contributed by atoms with E-state index in [1.54, 1.807) is 0 Å². The number of hydrogen-bond acceptors (Lipinski definition) is 4. The number of nitrogens with zero attached hydrogens (tertiary/aromatic N) is 1. The average Bonchev–Trinajstić information content (AvgIpc) is 2.83. The lowest BCUT2D eigenvalue weighted by atomic mass is 10.2. The number of thioether (sulfide) groups is 1. The Morgan fingerprint density at radius 2 is 2.06 bits per heavy atom. The van der Waals surface area contributed by atoms with Gasteiger partial charge < -0.3 is 15.3 Å². The molecule has 2 saturated heterocycles. The van der Waals surface area contributed by atoms with E-state index in [1.165, 1.54) is 50.9 Å². The van der Waals surface area contributed by atoms with Gasteiger partial charge in [-0.1, -0.05) is 6.42 Å². The molecule has 0 amide bonds. The second-order valence-electron chi connectivity index (χ2n) is 5.31. The molecule has 0 aromatic rings. The number of aliphatic hydroxyl groups excluding tert-OH is 1. The third-order valence-electron chi connectivity index (χ3n) is 3.69. The van der Waals surface area contributed by atoms with Gasteiger partial charge in [0.2, 0.25) is 0 Å². The normalized spacial score (nSPS) is 28.4. The van der Waals surface area contributed by atoms with E-state index in [0.29, 0.717) is 0 Å². The van der Waals surface area contributed by atoms with Crippen molar-refractivity contribution in [1.82, 2.24) is 10.2 Å². The summed E-state index contributed by atoms with van der Waals surface area (Å²) < 4.78 is 0. The molecule has 0 aliphatic carbocycles. The van der Waals surface area contributed by atoms with Gasteiger partial charge in [0.05, 0.1) is 6.10 Å². The Morgan fingerprint density at radius 3 is 2.76 bits per heavy atom. The van der Waals surface area contributed by atoms with Crippen LogP contribution in [0.4, 0.5) is 0 Å². The molecule has 0 radical (unpaired) electrons. The lowest BCUT2D eigenvalue weighted by Gasteiger charge is -2.23. The van der Waals surface area contributed by atoms with Crippen molar-refractivity contribution in [3.8, 4) is 0 Å². The molecule has 2 unspecified atom stereocenters. The monoisotopic (exact) mass is 258 g/mol. The number of likely N-dealkylation sites (tertiary alicyclic amines) is 1. The minimum absolute atomic E-state index is 0.193. The van der Waals surface area contributed by atoms with Crippen molar-refractivity contribution in [3.05, 3.63) is 0 Å². The van der Waals surface area contributed by atoms with Gasteiger partial charge in [-0.25, -0.2) is 0 Å². The fraction of sp³-hybridized carbons (Fsp3) is 1.00. The third kappa shape index (κ3) is 5.16. The zero-order chi connectivity index (χ0) is 11.9. The summed E-state index contributed by atoms with van der Waals surface area (Å²) in [4.78, 5) is 2.38. The highest BCUT2D eigenvalue weighted by Crippen LogP contribution is 2.24. The van der Waals surface area contributed by atoms with Crippen molar-refractivity contribution in [2.75, 3.05) is 38.5 Å². The maximum atomic E-state index is 9.93. The van der Waals surface area contributed by atoms with Gasteiger partial charge in [0.15, 0.2) is 0 Å². The van der Waals surface area contributed by atoms with Crippen LogP contribution in [-0.2, 0) is 0 Å². The molecule has 2 rings (SSSR count). The van der Waals surface area contributed by atoms with E-state index in [0.717, 1.165) is 24.9 Å². The number of hydrogen-bond donors (Lipinski definition) is 2. The van der Waals surface area contributed by atoms with E-state index in [-0.39, 0.29) is 6.10 Å². The molecule has 3 nitrogen and oxygen atoms in total. The van der Waals surface area contributed by atoms with Gasteiger partial charge >= 0.3 is 0 Å². The summed E-state index contributed by atoms with van der Waals surface area (Å²) in [5.41, 5.74) is 0. The van der Waals surface area contributed by atoms with Gasteiger partial charge in [-0.3, -0.25) is 0 Å². The summed E-state index contributed by atoms with van der Waals surface area (Å²) in [6, 6.07) is 0. The largest absolute Gasteiger partial charge is 0.390 e. The smallest absolute Gasteiger partial charge is 0.0791 e. The lowest BCUT2D eigenvalue weighted by Crippen LogP contribution is -2.39. The van der Waals surface area contributed by atoms with E-state index in [9.17, 15) is 5.11 Å². The Bertz CT molecular complexity index is 204. The molecule has 2 N–H and O–H groups in total. The number of aliphatic hydroxyl groups is 1. The van der Waals surface area contributed by atoms with Gasteiger partial charge in [-0.15, -0.1) is 0 Å². The molecule has 0 bridgehead atoms. The molecule has 0 aromatic carbocycles. The van der Waals surface area contributed by atoms with Crippen LogP contribution in [0.25, 0.3) is 0 Å². The van der Waals surface area contributed by atoms with E-state index in [1.807, 2.05) is 0 Å². The van der Waals surface area contributed by atoms with Crippen LogP contribution >= 0.6 is 11.8 Å². The number of rotatable bonds is 6. The SMILES string of the molecule is OC(CNCC1CCCCS1)CN1CCCC1. The maximum Gasteiger partial charge on any atom is 0.0791 e. The molecular formula is C13H26N2OS. The van der Waals surface area contributed by atoms with Crippen molar-refractivity contribution in [3.63, 3.8) is 0 Å². The van der Waals surface area contributed by atoms with Gasteiger partial charge in [0.25, 0.3) is 0 Å². The van der Waals surface area contributed by atoms with Crippen molar-refractivity contribution in [1.29, 1.82) is 0 Å². The Balaban J connectivity index is 1.51. The molecule has 2 heterocycles. The molecule has 2 aliphatic heterocycles. The van der Waals surface area contributed by atoms with Gasteiger partial charge in [-0.05, 0) is 44.5 Å². The summed E-state index contributed by atoms with van der Waals surface area (Å²) in [6.07, 6.45) is 6.54. The van der Waals surface area contributed by atoms with Crippen molar-refractivity contribution in [2.45, 2.75) is 43.5 Å². The van der Waals surface area contributed by atoms with Gasteiger partial charge in [-0.2, -0.15) is 11.8 Å². The van der Waals surface area contributed by atoms with Crippen LogP contribution < -0.4 is 5.32 Å². The van der Waals surface area contributed by atoms with E-state index in [2.05, 4.69) is 22.0 Å². The van der Waals surface area contributed by atoms with Gasteiger partial charge in [0, 0.05) is 24.9 Å². The van der Waals surface area contributed by atoms with Crippen molar-refractivity contribution in [2.24, 2.45) is 0 Å². The molecule has 2 atom stereocenters. The predicted molar refractivity (Wildman–Crippen MR) is 74.6 cm³/mol. The Morgan fingerprint density at radius 1 is 1.24 bits per heavy atom. The van der Waals surface area contributed by atoms with Gasteiger partial charge in [0.1, 0.15) is 0 Å². The summed E-state index contributed by atoms with van der Waals surface area (Å²) in [5.74, 6) is 1.32. The van der Waals surface area contributed by atoms with Crippen LogP contribution in [0.1, 0.15) is 32.1 Å². The molecule has 100 valence electrons. The molecule has 2 fully saturated rings. The summed E-state index contributed by atoms with van der Waals surface area (Å²) in [7, 11) is 0. The van der Waals surface area contributed by atoms with Crippen LogP contribution in [0.5, 0.6) is 0 Å². The third-order valence-corrected chi connectivity index (χ3v) is 5.09. The van der Waals surface area contributed by atoms with Crippen LogP contribution in [0.3, 0.4) is 0 Å². The first-order valence-electron chi connectivity index (χ1n) is 7.07. The molecule has 0 aromatic heterocycles. The van der Waals surface area contributed by atoms with Crippen LogP contribution in [0.2, 0.25) is 0 Å². The standard InChI is InChI=1S/C13H26N2OS/c16-12(11-15-6-2-3-7-15)9-14-10-13-5-1-4-8-17-13/h12-14,16H,1-11H2. The molecule has 0 saturated carbocycles. The fourth-order valence-electron chi connectivity index (χ4n) is 2.71. The minimum atomic E-state index is -0.193. The first-order valence-corrected chi connectivity index (χ1v) is 8.12. The Kier molecular flexibility index (Phi) is 6.12. The zero-order valence-electron chi connectivity index (χ0n) is 10.7. The first kappa shape index (κ1) is 13.7. The lowest BCUT2D eigenvalue weighted by molar-refractivity contribution is 0.123. The highest BCUT2D eigenvalue weighted by molar-refractivity contribution is 7.99. The zero-order valence-corrected chi connectivity index (χ0v) is 11.6. The molecule has 4 heteroatoms. The number of β-amino-alcohol motifs (C(OH)–C–C–N with tert-alkyl or cyclic N) is 1. The second kappa shape index (κ2) is 7.62. The van der Waals surface area contributed by atoms with E-state index >= 15 is 0 Å². The highest BCUT2D eigenvalue weighted by atomic mass is 32.2. The summed E-state index contributed by atoms with van der Waals surface area (Å²) in [6.45, 7) is 5.03. The van der Waals surface area contributed by atoms with E-state index < -0.39 is 0 Å². The average molecular weight is 258 g/mol. The Labute approximate surface area is 109 Å². The quantitative estimate of drug-likeness (QED) is 0.753. The second-order valence-corrected chi connectivity index (χ2v) is 6.72. The maximum absolute atomic E-state index is 9.93. The van der Waals surface area contributed by atoms with Crippen LogP contribution in [-0.4, -0.2) is 59.8 Å². The summed E-state index contributed by atoms with van der Waals surface area (Å²) >= 11 is 2.09. The van der Waals surface area contributed by atoms with Crippen molar-refractivity contribution < 1.29 is 5.11 Å². The molecule has 17 heavy (non-hydrogen) atoms. The highest BCUT2D eigenvalue weighted by Gasteiger charge is 2.17. The topological polar surface area (TPSA) is 35.5 Å². The van der Waals surface area contributed by atoms with Crippen LogP contribution in [0, 0.1) is 0 Å². The molecule has 0 spiro atoms. The fourth-order valence-corrected chi connectivity index (χ4v) is 3.98. The first-order chi connectivity index (χ1) is 8.34. The molecular weight excluding hydrogens is 232 g/mol. The van der Waals surface area contributed by atoms with Crippen molar-refractivity contribution >= 4 is 11.8 Å². The molecule has 2 aliphatic rings. The Hall–Kier alpha value is 0.230. The van der Waals surface area contributed by atoms with E-state index in [4.69, 9.17) is 0 Å². The predicted octanol–water partition coefficient (Wildman–Crippen LogP) is 1.32. The van der Waals surface area contributed by atoms with Crippen LogP contribution in [0.15, 0.2) is 0 Å². The minimum Gasteiger partial charge on any atom is -0.390 e.